The lowest BCUT2D eigenvalue weighted by Crippen LogP contribution is -2.39. The first kappa shape index (κ1) is 20.9. The number of benzene rings is 1. The fourth-order valence-corrected chi connectivity index (χ4v) is 4.36. The van der Waals surface area contributed by atoms with E-state index >= 15 is 0 Å². The lowest BCUT2D eigenvalue weighted by molar-refractivity contribution is 0.0594. The molecule has 1 fully saturated rings. The number of hydrogen-bond donors (Lipinski definition) is 1. The highest BCUT2D eigenvalue weighted by atomic mass is 16.5. The van der Waals surface area contributed by atoms with Crippen LogP contribution < -0.4 is 15.1 Å². The van der Waals surface area contributed by atoms with Gasteiger partial charge in [-0.05, 0) is 38.0 Å². The molecular formula is C23H24N6O4. The van der Waals surface area contributed by atoms with Crippen molar-refractivity contribution in [3.8, 4) is 11.5 Å². The zero-order chi connectivity index (χ0) is 22.9. The van der Waals surface area contributed by atoms with Crippen LogP contribution in [0.5, 0.6) is 0 Å². The van der Waals surface area contributed by atoms with Crippen molar-refractivity contribution in [3.05, 3.63) is 48.0 Å². The van der Waals surface area contributed by atoms with Crippen LogP contribution in [0.1, 0.15) is 40.6 Å². The van der Waals surface area contributed by atoms with Gasteiger partial charge in [0.25, 0.3) is 5.91 Å². The van der Waals surface area contributed by atoms with E-state index < -0.39 is 5.97 Å². The first-order chi connectivity index (χ1) is 16.1. The molecule has 5 rings (SSSR count). The summed E-state index contributed by atoms with van der Waals surface area (Å²) in [5, 5.41) is 3.13. The second-order valence-corrected chi connectivity index (χ2v) is 7.95. The van der Waals surface area contributed by atoms with E-state index in [1.54, 1.807) is 11.1 Å². The van der Waals surface area contributed by atoms with Gasteiger partial charge >= 0.3 is 5.97 Å². The molecule has 3 aromatic rings. The van der Waals surface area contributed by atoms with Crippen LogP contribution >= 0.6 is 0 Å². The molecular weight excluding hydrogens is 424 g/mol. The zero-order valence-corrected chi connectivity index (χ0v) is 18.4. The standard InChI is InChI=1S/C23H24N6O4/c1-3-24-23-25-11-17-19(27-23)28-9-5-8-16(28)12-29(21(17)30)15-7-4-6-14(10-15)20-26-18(13-33-20)22(31)32-2/h4,6-7,10-11,13,16H,3,5,8-9,12H2,1-2H3,(H,24,25,27)/t16-/m0/s1. The molecule has 170 valence electrons. The van der Waals surface area contributed by atoms with Gasteiger partial charge in [-0.1, -0.05) is 6.07 Å². The molecule has 0 bridgehead atoms. The molecule has 0 spiro atoms. The molecule has 4 heterocycles. The molecule has 1 amide bonds. The SMILES string of the molecule is CCNc1ncc2c(n1)N1CCC[C@H]1CN(c1cccc(-c3nc(C(=O)OC)co3)c1)C2=O. The van der Waals surface area contributed by atoms with E-state index in [0.717, 1.165) is 19.4 Å². The highest BCUT2D eigenvalue weighted by Gasteiger charge is 2.37. The summed E-state index contributed by atoms with van der Waals surface area (Å²) < 4.78 is 10.2. The number of carbonyl (C=O) groups is 2. The summed E-state index contributed by atoms with van der Waals surface area (Å²) >= 11 is 0. The van der Waals surface area contributed by atoms with Crippen molar-refractivity contribution in [2.24, 2.45) is 0 Å². The zero-order valence-electron chi connectivity index (χ0n) is 18.4. The lowest BCUT2D eigenvalue weighted by Gasteiger charge is -2.27. The number of methoxy groups -OCH3 is 1. The molecule has 1 N–H and O–H groups in total. The number of esters is 1. The van der Waals surface area contributed by atoms with Crippen LogP contribution in [0.25, 0.3) is 11.5 Å². The quantitative estimate of drug-likeness (QED) is 0.588. The number of anilines is 3. The van der Waals surface area contributed by atoms with Gasteiger partial charge in [-0.3, -0.25) is 4.79 Å². The second kappa shape index (κ2) is 8.53. The Morgan fingerprint density at radius 2 is 2.21 bits per heavy atom. The summed E-state index contributed by atoms with van der Waals surface area (Å²) in [6, 6.07) is 7.53. The van der Waals surface area contributed by atoms with E-state index in [0.29, 0.717) is 41.7 Å². The first-order valence-electron chi connectivity index (χ1n) is 10.9. The number of fused-ring (bicyclic) bond motifs is 3. The van der Waals surface area contributed by atoms with Gasteiger partial charge in [-0.15, -0.1) is 0 Å². The van der Waals surface area contributed by atoms with Crippen LogP contribution in [0.15, 0.2) is 41.1 Å². The Labute approximate surface area is 190 Å². The molecule has 2 aliphatic rings. The minimum absolute atomic E-state index is 0.0907. The van der Waals surface area contributed by atoms with E-state index in [1.807, 2.05) is 31.2 Å². The van der Waals surface area contributed by atoms with Crippen molar-refractivity contribution in [2.45, 2.75) is 25.8 Å². The molecule has 2 aliphatic heterocycles. The molecule has 0 radical (unpaired) electrons. The summed E-state index contributed by atoms with van der Waals surface area (Å²) in [4.78, 5) is 42.5. The lowest BCUT2D eigenvalue weighted by atomic mass is 10.1. The molecule has 0 unspecified atom stereocenters. The second-order valence-electron chi connectivity index (χ2n) is 7.95. The predicted octanol–water partition coefficient (Wildman–Crippen LogP) is 2.98. The van der Waals surface area contributed by atoms with Gasteiger partial charge in [0.1, 0.15) is 17.6 Å². The van der Waals surface area contributed by atoms with E-state index in [1.165, 1.54) is 13.4 Å². The minimum Gasteiger partial charge on any atom is -0.464 e. The Hall–Kier alpha value is -3.95. The van der Waals surface area contributed by atoms with Crippen LogP contribution in [0.2, 0.25) is 0 Å². The molecule has 0 saturated carbocycles. The van der Waals surface area contributed by atoms with Gasteiger partial charge in [0.15, 0.2) is 5.69 Å². The molecule has 1 aromatic carbocycles. The van der Waals surface area contributed by atoms with Crippen molar-refractivity contribution < 1.29 is 18.7 Å². The van der Waals surface area contributed by atoms with Gasteiger partial charge in [0.2, 0.25) is 11.8 Å². The van der Waals surface area contributed by atoms with Crippen molar-refractivity contribution in [1.29, 1.82) is 0 Å². The molecule has 1 atom stereocenters. The average molecular weight is 448 g/mol. The number of amides is 1. The van der Waals surface area contributed by atoms with Gasteiger partial charge in [0, 0.05) is 43.1 Å². The third-order valence-corrected chi connectivity index (χ3v) is 5.93. The summed E-state index contributed by atoms with van der Waals surface area (Å²) in [7, 11) is 1.29. The third-order valence-electron chi connectivity index (χ3n) is 5.93. The molecule has 10 heteroatoms. The molecule has 10 nitrogen and oxygen atoms in total. The number of aromatic nitrogens is 3. The third kappa shape index (κ3) is 3.77. The smallest absolute Gasteiger partial charge is 0.360 e. The number of oxazole rings is 1. The maximum absolute atomic E-state index is 13.6. The van der Waals surface area contributed by atoms with Crippen LogP contribution in [0.3, 0.4) is 0 Å². The van der Waals surface area contributed by atoms with Gasteiger partial charge in [-0.2, -0.15) is 4.98 Å². The largest absolute Gasteiger partial charge is 0.464 e. The number of ether oxygens (including phenoxy) is 1. The van der Waals surface area contributed by atoms with E-state index in [-0.39, 0.29) is 23.5 Å². The Bertz CT molecular complexity index is 1210. The number of nitrogens with zero attached hydrogens (tertiary/aromatic N) is 5. The average Bonchev–Trinajstić information content (AvgIpc) is 3.50. The van der Waals surface area contributed by atoms with Gasteiger partial charge in [0.05, 0.1) is 7.11 Å². The Balaban J connectivity index is 1.52. The van der Waals surface area contributed by atoms with Crippen LogP contribution in [0, 0.1) is 0 Å². The highest BCUT2D eigenvalue weighted by Crippen LogP contribution is 2.35. The summed E-state index contributed by atoms with van der Waals surface area (Å²) in [5.41, 5.74) is 1.94. The van der Waals surface area contributed by atoms with Crippen molar-refractivity contribution in [3.63, 3.8) is 0 Å². The van der Waals surface area contributed by atoms with E-state index in [9.17, 15) is 9.59 Å². The number of hydrogen-bond acceptors (Lipinski definition) is 9. The van der Waals surface area contributed by atoms with Gasteiger partial charge < -0.3 is 24.3 Å². The number of nitrogens with one attached hydrogen (secondary N) is 1. The normalized spacial score (nSPS) is 17.4. The maximum Gasteiger partial charge on any atom is 0.360 e. The fourth-order valence-electron chi connectivity index (χ4n) is 4.36. The highest BCUT2D eigenvalue weighted by molar-refractivity contribution is 6.10. The molecule has 33 heavy (non-hydrogen) atoms. The van der Waals surface area contributed by atoms with E-state index in [4.69, 9.17) is 9.15 Å². The summed E-state index contributed by atoms with van der Waals surface area (Å²) in [6.45, 7) is 4.07. The topological polar surface area (TPSA) is 114 Å². The molecule has 1 saturated heterocycles. The minimum atomic E-state index is -0.571. The fraction of sp³-hybridized carbons (Fsp3) is 0.348. The number of rotatable bonds is 5. The van der Waals surface area contributed by atoms with Crippen molar-refractivity contribution >= 4 is 29.3 Å². The van der Waals surface area contributed by atoms with Crippen molar-refractivity contribution in [2.75, 3.05) is 41.9 Å². The monoisotopic (exact) mass is 448 g/mol. The first-order valence-corrected chi connectivity index (χ1v) is 10.9. The maximum atomic E-state index is 13.6. The predicted molar refractivity (Wildman–Crippen MR) is 122 cm³/mol. The van der Waals surface area contributed by atoms with Crippen LogP contribution in [-0.4, -0.2) is 59.6 Å². The van der Waals surface area contributed by atoms with Crippen LogP contribution in [-0.2, 0) is 4.74 Å². The van der Waals surface area contributed by atoms with Crippen molar-refractivity contribution in [1.82, 2.24) is 15.0 Å². The Kier molecular flexibility index (Phi) is 5.41. The number of carbonyl (C=O) groups excluding carboxylic acids is 2. The summed E-state index contributed by atoms with van der Waals surface area (Å²) in [5.74, 6) is 0.764. The summed E-state index contributed by atoms with van der Waals surface area (Å²) in [6.07, 6.45) is 4.89. The van der Waals surface area contributed by atoms with E-state index in [2.05, 4.69) is 25.2 Å². The Morgan fingerprint density at radius 1 is 1.33 bits per heavy atom. The molecule has 2 aromatic heterocycles. The Morgan fingerprint density at radius 3 is 3.03 bits per heavy atom. The van der Waals surface area contributed by atoms with Gasteiger partial charge in [-0.25, -0.2) is 14.8 Å². The van der Waals surface area contributed by atoms with Crippen LogP contribution in [0.4, 0.5) is 17.5 Å². The molecule has 0 aliphatic carbocycles.